The molecule has 0 aliphatic rings. The summed E-state index contributed by atoms with van der Waals surface area (Å²) >= 11 is 1.33. The maximum Gasteiger partial charge on any atom is 0.263 e. The molecule has 0 atom stereocenters. The minimum Gasteiger partial charge on any atom is -0.490 e. The van der Waals surface area contributed by atoms with E-state index in [0.29, 0.717) is 10.7 Å². The Balaban J connectivity index is 2.39. The van der Waals surface area contributed by atoms with E-state index in [2.05, 4.69) is 14.7 Å². The number of anilines is 2. The molecule has 0 saturated carbocycles. The molecular weight excluding hydrogens is 312 g/mol. The van der Waals surface area contributed by atoms with Crippen LogP contribution in [0.1, 0.15) is 0 Å². The van der Waals surface area contributed by atoms with Crippen molar-refractivity contribution in [3.05, 3.63) is 30.6 Å². The van der Waals surface area contributed by atoms with Gasteiger partial charge in [-0.3, -0.25) is 4.72 Å². The number of nitrogen functional groups attached to an aromatic ring is 1. The van der Waals surface area contributed by atoms with E-state index in [1.165, 1.54) is 49.5 Å². The van der Waals surface area contributed by atoms with Gasteiger partial charge in [0.2, 0.25) is 0 Å². The summed E-state index contributed by atoms with van der Waals surface area (Å²) in [6.45, 7) is 0. The molecule has 1 aromatic heterocycles. The van der Waals surface area contributed by atoms with Gasteiger partial charge in [0.25, 0.3) is 10.0 Å². The first-order chi connectivity index (χ1) is 9.97. The third-order valence-corrected chi connectivity index (χ3v) is 4.62. The zero-order valence-electron chi connectivity index (χ0n) is 11.4. The summed E-state index contributed by atoms with van der Waals surface area (Å²) in [6.07, 6.45) is 3.08. The molecule has 0 radical (unpaired) electrons. The number of hydrogen-bond acceptors (Lipinski definition) is 7. The number of hydrogen-bond donors (Lipinski definition) is 2. The average Bonchev–Trinajstić information content (AvgIpc) is 2.47. The standard InChI is InChI=1S/C12H14N4O3S2/c1-19-10-11(14-7-15-12(10)20-2)16-21(17,18)9-5-3-8(13)4-6-9/h3-7H,13H2,1-2H3,(H,14,15,16). The van der Waals surface area contributed by atoms with E-state index in [1.54, 1.807) is 0 Å². The molecule has 21 heavy (non-hydrogen) atoms. The number of rotatable bonds is 5. The molecule has 0 saturated heterocycles. The molecule has 112 valence electrons. The molecule has 1 heterocycles. The second kappa shape index (κ2) is 6.19. The number of sulfonamides is 1. The fourth-order valence-electron chi connectivity index (χ4n) is 1.59. The van der Waals surface area contributed by atoms with E-state index in [9.17, 15) is 8.42 Å². The Hall–Kier alpha value is -2.00. The minimum atomic E-state index is -3.77. The van der Waals surface area contributed by atoms with Gasteiger partial charge < -0.3 is 10.5 Å². The van der Waals surface area contributed by atoms with Crippen LogP contribution in [0.4, 0.5) is 11.5 Å². The highest BCUT2D eigenvalue weighted by atomic mass is 32.2. The van der Waals surface area contributed by atoms with Crippen molar-refractivity contribution in [2.45, 2.75) is 9.92 Å². The average molecular weight is 326 g/mol. The summed E-state index contributed by atoms with van der Waals surface area (Å²) in [7, 11) is -2.34. The van der Waals surface area contributed by atoms with Gasteiger partial charge >= 0.3 is 0 Å². The molecule has 0 aliphatic carbocycles. The molecule has 0 amide bonds. The molecule has 0 aliphatic heterocycles. The van der Waals surface area contributed by atoms with Crippen LogP contribution in [-0.2, 0) is 10.0 Å². The largest absolute Gasteiger partial charge is 0.490 e. The number of aromatic nitrogens is 2. The van der Waals surface area contributed by atoms with Crippen LogP contribution in [0.15, 0.2) is 40.5 Å². The van der Waals surface area contributed by atoms with Crippen molar-refractivity contribution >= 4 is 33.3 Å². The Bertz CT molecular complexity index is 733. The third kappa shape index (κ3) is 3.37. The molecule has 9 heteroatoms. The maximum atomic E-state index is 12.3. The predicted molar refractivity (Wildman–Crippen MR) is 82.0 cm³/mol. The molecule has 2 aromatic rings. The number of thioether (sulfide) groups is 1. The second-order valence-corrected chi connectivity index (χ2v) is 6.42. The van der Waals surface area contributed by atoms with Crippen LogP contribution in [0.5, 0.6) is 5.75 Å². The van der Waals surface area contributed by atoms with Crippen molar-refractivity contribution in [3.8, 4) is 5.75 Å². The Morgan fingerprint density at radius 3 is 2.48 bits per heavy atom. The maximum absolute atomic E-state index is 12.3. The van der Waals surface area contributed by atoms with E-state index in [1.807, 2.05) is 6.26 Å². The Labute approximate surface area is 127 Å². The molecule has 2 rings (SSSR count). The Morgan fingerprint density at radius 2 is 1.90 bits per heavy atom. The quantitative estimate of drug-likeness (QED) is 0.488. The van der Waals surface area contributed by atoms with Crippen LogP contribution in [0.2, 0.25) is 0 Å². The first-order valence-corrected chi connectivity index (χ1v) is 8.50. The number of nitrogens with one attached hydrogen (secondary N) is 1. The van der Waals surface area contributed by atoms with Crippen LogP contribution in [0, 0.1) is 0 Å². The fraction of sp³-hybridized carbons (Fsp3) is 0.167. The summed E-state index contributed by atoms with van der Waals surface area (Å²) < 4.78 is 32.2. The Kier molecular flexibility index (Phi) is 4.53. The lowest BCUT2D eigenvalue weighted by atomic mass is 10.3. The van der Waals surface area contributed by atoms with Crippen molar-refractivity contribution in [2.24, 2.45) is 0 Å². The van der Waals surface area contributed by atoms with Gasteiger partial charge in [-0.25, -0.2) is 18.4 Å². The normalized spacial score (nSPS) is 11.1. The van der Waals surface area contributed by atoms with Crippen molar-refractivity contribution in [2.75, 3.05) is 23.8 Å². The molecule has 0 fully saturated rings. The zero-order chi connectivity index (χ0) is 15.5. The lowest BCUT2D eigenvalue weighted by Gasteiger charge is -2.12. The van der Waals surface area contributed by atoms with Crippen molar-refractivity contribution in [1.29, 1.82) is 0 Å². The van der Waals surface area contributed by atoms with Crippen LogP contribution >= 0.6 is 11.8 Å². The zero-order valence-corrected chi connectivity index (χ0v) is 13.0. The number of nitrogens with zero attached hydrogens (tertiary/aromatic N) is 2. The van der Waals surface area contributed by atoms with E-state index < -0.39 is 10.0 Å². The lowest BCUT2D eigenvalue weighted by molar-refractivity contribution is 0.401. The smallest absolute Gasteiger partial charge is 0.263 e. The van der Waals surface area contributed by atoms with Crippen LogP contribution in [0.3, 0.4) is 0 Å². The third-order valence-electron chi connectivity index (χ3n) is 2.59. The first kappa shape index (κ1) is 15.4. The summed E-state index contributed by atoms with van der Waals surface area (Å²) in [5.41, 5.74) is 6.03. The highest BCUT2D eigenvalue weighted by Crippen LogP contribution is 2.32. The topological polar surface area (TPSA) is 107 Å². The molecular formula is C12H14N4O3S2. The SMILES string of the molecule is COc1c(NS(=O)(=O)c2ccc(N)cc2)ncnc1SC. The summed E-state index contributed by atoms with van der Waals surface area (Å²) in [4.78, 5) is 8.03. The number of methoxy groups -OCH3 is 1. The monoisotopic (exact) mass is 326 g/mol. The van der Waals surface area contributed by atoms with Gasteiger partial charge in [0, 0.05) is 5.69 Å². The molecule has 1 aromatic carbocycles. The number of benzene rings is 1. The number of ether oxygens (including phenoxy) is 1. The van der Waals surface area contributed by atoms with Crippen LogP contribution < -0.4 is 15.2 Å². The van der Waals surface area contributed by atoms with Gasteiger partial charge in [-0.15, -0.1) is 11.8 Å². The van der Waals surface area contributed by atoms with E-state index >= 15 is 0 Å². The van der Waals surface area contributed by atoms with Gasteiger partial charge in [-0.05, 0) is 30.5 Å². The Morgan fingerprint density at radius 1 is 1.24 bits per heavy atom. The number of nitrogens with two attached hydrogens (primary N) is 1. The molecule has 7 nitrogen and oxygen atoms in total. The highest BCUT2D eigenvalue weighted by Gasteiger charge is 2.19. The van der Waals surface area contributed by atoms with E-state index in [0.717, 1.165) is 0 Å². The van der Waals surface area contributed by atoms with Gasteiger partial charge in [-0.1, -0.05) is 0 Å². The highest BCUT2D eigenvalue weighted by molar-refractivity contribution is 7.98. The molecule has 0 unspecified atom stereocenters. The van der Waals surface area contributed by atoms with Gasteiger partial charge in [0.15, 0.2) is 11.6 Å². The van der Waals surface area contributed by atoms with Crippen LogP contribution in [-0.4, -0.2) is 31.8 Å². The molecule has 3 N–H and O–H groups in total. The summed E-state index contributed by atoms with van der Waals surface area (Å²) in [6, 6.07) is 5.86. The van der Waals surface area contributed by atoms with E-state index in [-0.39, 0.29) is 16.5 Å². The molecule has 0 spiro atoms. The van der Waals surface area contributed by atoms with Crippen molar-refractivity contribution in [1.82, 2.24) is 9.97 Å². The summed E-state index contributed by atoms with van der Waals surface area (Å²) in [5, 5.41) is 0.544. The molecule has 0 bridgehead atoms. The van der Waals surface area contributed by atoms with Gasteiger partial charge in [-0.2, -0.15) is 0 Å². The van der Waals surface area contributed by atoms with Gasteiger partial charge in [0.1, 0.15) is 11.4 Å². The summed E-state index contributed by atoms with van der Waals surface area (Å²) in [5.74, 6) is 0.373. The minimum absolute atomic E-state index is 0.0862. The van der Waals surface area contributed by atoms with Gasteiger partial charge in [0.05, 0.1) is 12.0 Å². The van der Waals surface area contributed by atoms with Crippen molar-refractivity contribution in [3.63, 3.8) is 0 Å². The lowest BCUT2D eigenvalue weighted by Crippen LogP contribution is -2.15. The van der Waals surface area contributed by atoms with Crippen LogP contribution in [0.25, 0.3) is 0 Å². The predicted octanol–water partition coefficient (Wildman–Crippen LogP) is 1.59. The van der Waals surface area contributed by atoms with Crippen molar-refractivity contribution < 1.29 is 13.2 Å². The fourth-order valence-corrected chi connectivity index (χ4v) is 3.12. The second-order valence-electron chi connectivity index (χ2n) is 3.94. The van der Waals surface area contributed by atoms with E-state index in [4.69, 9.17) is 10.5 Å². The first-order valence-electron chi connectivity index (χ1n) is 5.79.